The molecule has 0 aromatic carbocycles. The summed E-state index contributed by atoms with van der Waals surface area (Å²) < 4.78 is 74.6. The first-order valence-corrected chi connectivity index (χ1v) is 10.4. The average molecular weight is 516 g/mol. The summed E-state index contributed by atoms with van der Waals surface area (Å²) in [6.45, 7) is 1.41. The van der Waals surface area contributed by atoms with Crippen LogP contribution in [0.5, 0.6) is 5.88 Å². The van der Waals surface area contributed by atoms with Gasteiger partial charge in [-0.2, -0.15) is 28.4 Å². The average Bonchev–Trinajstić information content (AvgIpc) is 3.38. The highest BCUT2D eigenvalue weighted by molar-refractivity contribution is 7.92. The molecule has 4 rings (SSSR count). The van der Waals surface area contributed by atoms with E-state index in [1.807, 2.05) is 6.07 Å². The van der Waals surface area contributed by atoms with E-state index in [-0.39, 0.29) is 70.3 Å². The Labute approximate surface area is 197 Å². The van der Waals surface area contributed by atoms with E-state index < -0.39 is 17.7 Å². The normalized spacial score (nSPS) is 11.7. The van der Waals surface area contributed by atoms with E-state index in [1.165, 1.54) is 12.4 Å². The van der Waals surface area contributed by atoms with Crippen molar-refractivity contribution in [1.29, 1.82) is 5.26 Å². The molecule has 0 saturated carbocycles. The molecule has 0 saturated heterocycles. The largest absolute Gasteiger partial charge is 0.472 e. The summed E-state index contributed by atoms with van der Waals surface area (Å²) in [7, 11) is 0. The molecule has 0 aliphatic rings. The summed E-state index contributed by atoms with van der Waals surface area (Å²) in [5, 5.41) is 9.15. The van der Waals surface area contributed by atoms with E-state index in [4.69, 9.17) is 16.3 Å². The van der Waals surface area contributed by atoms with E-state index in [9.17, 15) is 26.7 Å². The second-order valence-electron chi connectivity index (χ2n) is 6.74. The number of hydrogen-bond acceptors (Lipinski definition) is 7. The molecule has 176 valence electrons. The van der Waals surface area contributed by atoms with E-state index in [2.05, 4.69) is 19.9 Å². The van der Waals surface area contributed by atoms with Gasteiger partial charge in [-0.1, -0.05) is 0 Å². The van der Waals surface area contributed by atoms with Crippen molar-refractivity contribution >= 4 is 35.0 Å². The second kappa shape index (κ2) is 9.07. The van der Waals surface area contributed by atoms with Gasteiger partial charge in [-0.3, -0.25) is 0 Å². The van der Waals surface area contributed by atoms with Crippen molar-refractivity contribution < 1.29 is 26.2 Å². The lowest BCUT2D eigenvalue weighted by Crippen LogP contribution is -2.05. The van der Waals surface area contributed by atoms with Crippen LogP contribution in [0.1, 0.15) is 23.7 Å². The van der Waals surface area contributed by atoms with Crippen LogP contribution in [0.25, 0.3) is 22.6 Å². The number of nitriles is 1. The summed E-state index contributed by atoms with van der Waals surface area (Å²) in [5.41, 5.74) is -1.29. The third-order valence-corrected chi connectivity index (χ3v) is 5.24. The van der Waals surface area contributed by atoms with Gasteiger partial charge in [-0.05, 0) is 24.6 Å². The van der Waals surface area contributed by atoms with Gasteiger partial charge >= 0.3 is 6.18 Å². The Morgan fingerprint density at radius 2 is 2.00 bits per heavy atom. The van der Waals surface area contributed by atoms with E-state index in [1.54, 1.807) is 6.92 Å². The van der Waals surface area contributed by atoms with Crippen molar-refractivity contribution in [3.05, 3.63) is 52.6 Å². The third-order valence-electron chi connectivity index (χ3n) is 4.64. The lowest BCUT2D eigenvalue weighted by atomic mass is 10.2. The first-order valence-electron chi connectivity index (χ1n) is 9.36. The van der Waals surface area contributed by atoms with Crippen LogP contribution in [0, 0.1) is 17.1 Å². The number of aryl methyl sites for hydroxylation is 1. The fourth-order valence-corrected chi connectivity index (χ4v) is 3.64. The van der Waals surface area contributed by atoms with Crippen molar-refractivity contribution in [1.82, 2.24) is 28.5 Å². The first kappa shape index (κ1) is 23.7. The second-order valence-corrected chi connectivity index (χ2v) is 7.61. The van der Waals surface area contributed by atoms with E-state index in [0.717, 1.165) is 20.8 Å². The monoisotopic (exact) mass is 515 g/mol. The molecule has 0 atom stereocenters. The highest BCUT2D eigenvalue weighted by Gasteiger charge is 2.35. The molecule has 4 aromatic rings. The summed E-state index contributed by atoms with van der Waals surface area (Å²) in [6, 6.07) is 2.90. The van der Waals surface area contributed by atoms with Gasteiger partial charge < -0.3 is 9.30 Å². The summed E-state index contributed by atoms with van der Waals surface area (Å²) in [4.78, 5) is 15.2. The zero-order valence-electron chi connectivity index (χ0n) is 16.9. The lowest BCUT2D eigenvalue weighted by Gasteiger charge is -2.09. The van der Waals surface area contributed by atoms with Crippen molar-refractivity contribution in [2.45, 2.75) is 26.3 Å². The smallest absolute Gasteiger partial charge is 0.434 e. The molecule has 0 unspecified atom stereocenters. The van der Waals surface area contributed by atoms with Crippen LogP contribution < -0.4 is 4.74 Å². The van der Waals surface area contributed by atoms with Crippen LogP contribution >= 0.6 is 23.9 Å². The van der Waals surface area contributed by atoms with Crippen LogP contribution in [-0.4, -0.2) is 28.5 Å². The van der Waals surface area contributed by atoms with Crippen molar-refractivity contribution in [2.75, 3.05) is 0 Å². The Bertz CT molecular complexity index is 1430. The summed E-state index contributed by atoms with van der Waals surface area (Å²) in [5.74, 6) is -1.33. The van der Waals surface area contributed by atoms with Gasteiger partial charge in [-0.15, -0.1) is 3.89 Å². The molecule has 0 bridgehead atoms. The van der Waals surface area contributed by atoms with Gasteiger partial charge in [0, 0.05) is 30.7 Å². The number of pyridine rings is 1. The quantitative estimate of drug-likeness (QED) is 0.252. The Hall–Kier alpha value is -3.44. The first-order chi connectivity index (χ1) is 16.2. The molecule has 0 N–H and O–H groups in total. The SMILES string of the molecule is CCn1cc(C(F)(F)F)nc1-c1ncc(COc2nc(Cl)nc3c2c(C#N)cn3SF)cc1F. The lowest BCUT2D eigenvalue weighted by molar-refractivity contribution is -0.140. The maximum atomic E-state index is 14.8. The highest BCUT2D eigenvalue weighted by atomic mass is 35.5. The predicted molar refractivity (Wildman–Crippen MR) is 112 cm³/mol. The zero-order valence-corrected chi connectivity index (χ0v) is 18.5. The molecule has 8 nitrogen and oxygen atoms in total. The highest BCUT2D eigenvalue weighted by Crippen LogP contribution is 2.33. The number of nitrogens with zero attached hydrogens (tertiary/aromatic N) is 7. The van der Waals surface area contributed by atoms with Gasteiger partial charge in [0.25, 0.3) is 0 Å². The molecule has 0 aliphatic carbocycles. The molecule has 4 heterocycles. The molecule has 0 amide bonds. The summed E-state index contributed by atoms with van der Waals surface area (Å²) in [6.07, 6.45) is -1.51. The zero-order chi connectivity index (χ0) is 24.6. The standard InChI is InChI=1S/C19H11ClF5N7OS/c1-2-31-7-12(19(22,23)24)28-16(31)14-11(21)3-9(5-27-14)8-33-17-13-10(4-26)6-32(34-25)15(13)29-18(20)30-17/h3,5-7H,2,8H2,1H3. The van der Waals surface area contributed by atoms with Crippen LogP contribution in [0.15, 0.2) is 24.7 Å². The Morgan fingerprint density at radius 1 is 1.24 bits per heavy atom. The fourth-order valence-electron chi connectivity index (χ4n) is 3.14. The number of fused-ring (bicyclic) bond motifs is 1. The number of alkyl halides is 3. The summed E-state index contributed by atoms with van der Waals surface area (Å²) >= 11 is 5.67. The molecular weight excluding hydrogens is 505 g/mol. The van der Waals surface area contributed by atoms with Crippen LogP contribution in [0.3, 0.4) is 0 Å². The maximum absolute atomic E-state index is 14.8. The van der Waals surface area contributed by atoms with Crippen molar-refractivity contribution in [2.24, 2.45) is 0 Å². The van der Waals surface area contributed by atoms with Crippen molar-refractivity contribution in [3.8, 4) is 23.5 Å². The third kappa shape index (κ3) is 4.36. The molecule has 0 radical (unpaired) electrons. The number of rotatable bonds is 6. The molecule has 15 heteroatoms. The van der Waals surface area contributed by atoms with E-state index >= 15 is 0 Å². The number of ether oxygens (including phenoxy) is 1. The molecule has 4 aromatic heterocycles. The topological polar surface area (TPSA) is 94.4 Å². The molecule has 0 aliphatic heterocycles. The number of hydrogen-bond donors (Lipinski definition) is 0. The number of aromatic nitrogens is 6. The van der Waals surface area contributed by atoms with Gasteiger partial charge in [-0.25, -0.2) is 18.3 Å². The van der Waals surface area contributed by atoms with Crippen LogP contribution in [0.2, 0.25) is 5.28 Å². The van der Waals surface area contributed by atoms with Gasteiger partial charge in [0.05, 0.1) is 5.56 Å². The van der Waals surface area contributed by atoms with Gasteiger partial charge in [0.1, 0.15) is 23.8 Å². The van der Waals surface area contributed by atoms with Gasteiger partial charge in [0.15, 0.2) is 35.3 Å². The Kier molecular flexibility index (Phi) is 6.32. The number of halogens is 6. The van der Waals surface area contributed by atoms with E-state index in [0.29, 0.717) is 0 Å². The Morgan fingerprint density at radius 3 is 2.62 bits per heavy atom. The predicted octanol–water partition coefficient (Wildman–Crippen LogP) is 5.35. The minimum atomic E-state index is -4.69. The maximum Gasteiger partial charge on any atom is 0.434 e. The minimum absolute atomic E-state index is 0.00516. The van der Waals surface area contributed by atoms with Crippen molar-refractivity contribution in [3.63, 3.8) is 0 Å². The minimum Gasteiger partial charge on any atom is -0.472 e. The molecular formula is C19H11ClF5N7OS. The van der Waals surface area contributed by atoms with Gasteiger partial charge in [0.2, 0.25) is 11.2 Å². The Balaban J connectivity index is 1.64. The van der Waals surface area contributed by atoms with Crippen LogP contribution in [-0.2, 0) is 19.3 Å². The molecule has 0 fully saturated rings. The fraction of sp³-hybridized carbons (Fsp3) is 0.211. The molecule has 34 heavy (non-hydrogen) atoms. The van der Waals surface area contributed by atoms with Crippen LogP contribution in [0.4, 0.5) is 21.4 Å². The number of imidazole rings is 1. The molecule has 0 spiro atoms.